The largest absolute Gasteiger partial charge is 0.392 e. The Labute approximate surface area is 108 Å². The van der Waals surface area contributed by atoms with Crippen LogP contribution in [-0.2, 0) is 0 Å². The van der Waals surface area contributed by atoms with E-state index in [0.29, 0.717) is 6.04 Å². The SMILES string of the molecule is CC[C@H](O)CN1CCSC[C@@H]1c1ccccc1. The number of nitrogens with zero attached hydrogens (tertiary/aromatic N) is 1. The Bertz CT molecular complexity index is 330. The topological polar surface area (TPSA) is 23.5 Å². The molecule has 2 rings (SSSR count). The van der Waals surface area contributed by atoms with Crippen LogP contribution in [0.4, 0.5) is 0 Å². The zero-order valence-corrected chi connectivity index (χ0v) is 11.2. The Hall–Kier alpha value is -0.510. The van der Waals surface area contributed by atoms with Crippen LogP contribution in [0.25, 0.3) is 0 Å². The number of benzene rings is 1. The van der Waals surface area contributed by atoms with Gasteiger partial charge in [0.1, 0.15) is 0 Å². The zero-order valence-electron chi connectivity index (χ0n) is 10.4. The summed E-state index contributed by atoms with van der Waals surface area (Å²) >= 11 is 2.01. The third-order valence-corrected chi connectivity index (χ3v) is 4.36. The van der Waals surface area contributed by atoms with E-state index in [0.717, 1.165) is 25.3 Å². The van der Waals surface area contributed by atoms with Crippen molar-refractivity contribution in [3.05, 3.63) is 35.9 Å². The van der Waals surface area contributed by atoms with Gasteiger partial charge < -0.3 is 5.11 Å². The summed E-state index contributed by atoms with van der Waals surface area (Å²) in [5.41, 5.74) is 1.38. The third-order valence-electron chi connectivity index (χ3n) is 3.34. The summed E-state index contributed by atoms with van der Waals surface area (Å²) in [5.74, 6) is 2.32. The van der Waals surface area contributed by atoms with Crippen molar-refractivity contribution in [2.24, 2.45) is 0 Å². The lowest BCUT2D eigenvalue weighted by Crippen LogP contribution is -2.40. The zero-order chi connectivity index (χ0) is 12.1. The van der Waals surface area contributed by atoms with Crippen LogP contribution < -0.4 is 0 Å². The van der Waals surface area contributed by atoms with Gasteiger partial charge >= 0.3 is 0 Å². The number of hydrogen-bond donors (Lipinski definition) is 1. The van der Waals surface area contributed by atoms with Crippen LogP contribution in [0.1, 0.15) is 24.9 Å². The van der Waals surface area contributed by atoms with Crippen LogP contribution in [0.5, 0.6) is 0 Å². The fraction of sp³-hybridized carbons (Fsp3) is 0.571. The highest BCUT2D eigenvalue weighted by atomic mass is 32.2. The van der Waals surface area contributed by atoms with Crippen molar-refractivity contribution in [1.82, 2.24) is 4.90 Å². The van der Waals surface area contributed by atoms with Crippen molar-refractivity contribution in [1.29, 1.82) is 0 Å². The standard InChI is InChI=1S/C14H21NOS/c1-2-13(16)10-15-8-9-17-11-14(15)12-6-4-3-5-7-12/h3-7,13-14,16H,2,8-11H2,1H3/t13-,14+/m0/s1. The number of β-amino-alcohol motifs (C(OH)–C–C–N with tert-alkyl or cyclic N) is 1. The molecule has 0 unspecified atom stereocenters. The van der Waals surface area contributed by atoms with Crippen molar-refractivity contribution in [2.45, 2.75) is 25.5 Å². The molecule has 1 aromatic carbocycles. The molecule has 0 aliphatic carbocycles. The van der Waals surface area contributed by atoms with Crippen LogP contribution in [0.15, 0.2) is 30.3 Å². The van der Waals surface area contributed by atoms with E-state index in [2.05, 4.69) is 35.2 Å². The maximum atomic E-state index is 9.83. The van der Waals surface area contributed by atoms with Crippen LogP contribution in [0, 0.1) is 0 Å². The smallest absolute Gasteiger partial charge is 0.0664 e. The highest BCUT2D eigenvalue weighted by molar-refractivity contribution is 7.99. The minimum Gasteiger partial charge on any atom is -0.392 e. The molecule has 17 heavy (non-hydrogen) atoms. The maximum Gasteiger partial charge on any atom is 0.0664 e. The number of aliphatic hydroxyl groups is 1. The molecule has 1 N–H and O–H groups in total. The molecule has 0 saturated carbocycles. The molecule has 1 aliphatic rings. The number of aliphatic hydroxyl groups excluding tert-OH is 1. The second-order valence-electron chi connectivity index (χ2n) is 4.56. The van der Waals surface area contributed by atoms with Crippen LogP contribution in [0.3, 0.4) is 0 Å². The van der Waals surface area contributed by atoms with Gasteiger partial charge in [-0.2, -0.15) is 11.8 Å². The number of hydrogen-bond acceptors (Lipinski definition) is 3. The van der Waals surface area contributed by atoms with Gasteiger partial charge in [-0.25, -0.2) is 0 Å². The van der Waals surface area contributed by atoms with Crippen molar-refractivity contribution >= 4 is 11.8 Å². The van der Waals surface area contributed by atoms with Gasteiger partial charge in [-0.15, -0.1) is 0 Å². The van der Waals surface area contributed by atoms with Gasteiger partial charge in [-0.05, 0) is 12.0 Å². The summed E-state index contributed by atoms with van der Waals surface area (Å²) in [6.07, 6.45) is 0.648. The number of thioether (sulfide) groups is 1. The summed E-state index contributed by atoms with van der Waals surface area (Å²) in [6, 6.07) is 11.1. The highest BCUT2D eigenvalue weighted by Crippen LogP contribution is 2.29. The lowest BCUT2D eigenvalue weighted by molar-refractivity contribution is 0.0916. The van der Waals surface area contributed by atoms with E-state index in [1.807, 2.05) is 18.7 Å². The molecule has 1 saturated heterocycles. The molecule has 1 fully saturated rings. The predicted molar refractivity (Wildman–Crippen MR) is 74.4 cm³/mol. The minimum atomic E-state index is -0.190. The average Bonchev–Trinajstić information content (AvgIpc) is 2.40. The molecule has 1 aromatic rings. The summed E-state index contributed by atoms with van der Waals surface area (Å²) in [6.45, 7) is 3.93. The molecular weight excluding hydrogens is 230 g/mol. The van der Waals surface area contributed by atoms with E-state index in [-0.39, 0.29) is 6.10 Å². The molecule has 2 atom stereocenters. The molecule has 1 heterocycles. The Morgan fingerprint density at radius 3 is 2.88 bits per heavy atom. The van der Waals surface area contributed by atoms with E-state index in [1.54, 1.807) is 0 Å². The fourth-order valence-electron chi connectivity index (χ4n) is 2.24. The average molecular weight is 251 g/mol. The van der Waals surface area contributed by atoms with Crippen molar-refractivity contribution in [3.63, 3.8) is 0 Å². The monoisotopic (exact) mass is 251 g/mol. The summed E-state index contributed by atoms with van der Waals surface area (Å²) in [5, 5.41) is 9.83. The quantitative estimate of drug-likeness (QED) is 0.889. The molecule has 2 nitrogen and oxygen atoms in total. The van der Waals surface area contributed by atoms with Gasteiger partial charge in [-0.1, -0.05) is 37.3 Å². The Kier molecular flexibility index (Phi) is 4.89. The van der Waals surface area contributed by atoms with Crippen LogP contribution in [0.2, 0.25) is 0 Å². The Balaban J connectivity index is 2.07. The second kappa shape index (κ2) is 6.43. The van der Waals surface area contributed by atoms with Gasteiger partial charge in [0.2, 0.25) is 0 Å². The van der Waals surface area contributed by atoms with Crippen LogP contribution in [-0.4, -0.2) is 40.7 Å². The first-order valence-corrected chi connectivity index (χ1v) is 7.51. The molecule has 94 valence electrons. The van der Waals surface area contributed by atoms with Crippen molar-refractivity contribution in [3.8, 4) is 0 Å². The van der Waals surface area contributed by atoms with Crippen molar-refractivity contribution in [2.75, 3.05) is 24.6 Å². The lowest BCUT2D eigenvalue weighted by atomic mass is 10.1. The lowest BCUT2D eigenvalue weighted by Gasteiger charge is -2.36. The summed E-state index contributed by atoms with van der Waals surface area (Å²) < 4.78 is 0. The molecule has 1 aliphatic heterocycles. The summed E-state index contributed by atoms with van der Waals surface area (Å²) in [4.78, 5) is 2.43. The Morgan fingerprint density at radius 1 is 1.41 bits per heavy atom. The first kappa shape index (κ1) is 12.9. The molecular formula is C14H21NOS. The van der Waals surface area contributed by atoms with E-state index in [4.69, 9.17) is 0 Å². The normalized spacial score (nSPS) is 23.5. The van der Waals surface area contributed by atoms with Crippen molar-refractivity contribution < 1.29 is 5.11 Å². The minimum absolute atomic E-state index is 0.190. The fourth-order valence-corrected chi connectivity index (χ4v) is 3.40. The second-order valence-corrected chi connectivity index (χ2v) is 5.71. The molecule has 0 radical (unpaired) electrons. The predicted octanol–water partition coefficient (Wildman–Crippen LogP) is 2.55. The van der Waals surface area contributed by atoms with Gasteiger partial charge in [0, 0.05) is 30.6 Å². The van der Waals surface area contributed by atoms with Gasteiger partial charge in [0.15, 0.2) is 0 Å². The first-order valence-electron chi connectivity index (χ1n) is 6.36. The molecule has 0 spiro atoms. The highest BCUT2D eigenvalue weighted by Gasteiger charge is 2.25. The van der Waals surface area contributed by atoms with E-state index in [1.165, 1.54) is 11.3 Å². The maximum absolute atomic E-state index is 9.83. The van der Waals surface area contributed by atoms with E-state index >= 15 is 0 Å². The molecule has 0 bridgehead atoms. The van der Waals surface area contributed by atoms with Gasteiger partial charge in [-0.3, -0.25) is 4.90 Å². The molecule has 0 aromatic heterocycles. The number of rotatable bonds is 4. The molecule has 0 amide bonds. The third kappa shape index (κ3) is 3.47. The summed E-state index contributed by atoms with van der Waals surface area (Å²) in [7, 11) is 0. The Morgan fingerprint density at radius 2 is 2.18 bits per heavy atom. The molecule has 3 heteroatoms. The van der Waals surface area contributed by atoms with Gasteiger partial charge in [0.25, 0.3) is 0 Å². The van der Waals surface area contributed by atoms with E-state index < -0.39 is 0 Å². The van der Waals surface area contributed by atoms with E-state index in [9.17, 15) is 5.11 Å². The van der Waals surface area contributed by atoms with Crippen LogP contribution >= 0.6 is 11.8 Å². The first-order chi connectivity index (χ1) is 8.31. The van der Waals surface area contributed by atoms with Gasteiger partial charge in [0.05, 0.1) is 6.10 Å².